The second-order valence-corrected chi connectivity index (χ2v) is 5.15. The van der Waals surface area contributed by atoms with E-state index in [1.165, 1.54) is 18.4 Å². The zero-order valence-electron chi connectivity index (χ0n) is 11.4. The molecule has 3 rings (SSSR count). The highest BCUT2D eigenvalue weighted by atomic mass is 15.3. The maximum Gasteiger partial charge on any atom is 0.147 e. The van der Waals surface area contributed by atoms with Crippen LogP contribution in [0.5, 0.6) is 0 Å². The summed E-state index contributed by atoms with van der Waals surface area (Å²) in [6, 6.07) is 4.99. The molecule has 0 bridgehead atoms. The van der Waals surface area contributed by atoms with Gasteiger partial charge in [0.1, 0.15) is 11.6 Å². The zero-order chi connectivity index (χ0) is 13.2. The molecule has 2 aromatic heterocycles. The van der Waals surface area contributed by atoms with Crippen LogP contribution < -0.4 is 5.32 Å². The highest BCUT2D eigenvalue weighted by Crippen LogP contribution is 2.36. The molecule has 2 aromatic rings. The van der Waals surface area contributed by atoms with E-state index in [0.717, 1.165) is 18.2 Å². The van der Waals surface area contributed by atoms with Crippen molar-refractivity contribution in [2.24, 2.45) is 0 Å². The lowest BCUT2D eigenvalue weighted by atomic mass is 10.1. The molecule has 1 atom stereocenters. The van der Waals surface area contributed by atoms with Gasteiger partial charge in [0.15, 0.2) is 0 Å². The molecule has 100 valence electrons. The van der Waals surface area contributed by atoms with Gasteiger partial charge in [-0.05, 0) is 44.4 Å². The van der Waals surface area contributed by atoms with Gasteiger partial charge in [0.2, 0.25) is 0 Å². The zero-order valence-corrected chi connectivity index (χ0v) is 11.4. The van der Waals surface area contributed by atoms with Crippen LogP contribution >= 0.6 is 0 Å². The third-order valence-corrected chi connectivity index (χ3v) is 3.62. The van der Waals surface area contributed by atoms with Gasteiger partial charge in [-0.25, -0.2) is 0 Å². The fourth-order valence-corrected chi connectivity index (χ4v) is 2.36. The largest absolute Gasteiger partial charge is 0.311 e. The summed E-state index contributed by atoms with van der Waals surface area (Å²) in [7, 11) is 0. The Labute approximate surface area is 113 Å². The standard InChI is InChI=1S/C14H19N5/c1-10(12-5-7-15-8-6-12)16-9-14-18-17-11(2)19(14)13-3-4-13/h5-8,10,13,16H,3-4,9H2,1-2H3/t10-/m1/s1. The molecule has 1 aliphatic rings. The second kappa shape index (κ2) is 5.09. The summed E-state index contributed by atoms with van der Waals surface area (Å²) in [6.45, 7) is 4.93. The monoisotopic (exact) mass is 257 g/mol. The predicted octanol–water partition coefficient (Wildman–Crippen LogP) is 2.17. The molecule has 0 aromatic carbocycles. The molecule has 0 amide bonds. The molecular formula is C14H19N5. The SMILES string of the molecule is Cc1nnc(CN[C@H](C)c2ccncc2)n1C1CC1. The van der Waals surface area contributed by atoms with Crippen LogP contribution in [-0.2, 0) is 6.54 Å². The smallest absolute Gasteiger partial charge is 0.147 e. The number of nitrogens with one attached hydrogen (secondary N) is 1. The molecule has 0 radical (unpaired) electrons. The van der Waals surface area contributed by atoms with Gasteiger partial charge in [0.05, 0.1) is 6.54 Å². The highest BCUT2D eigenvalue weighted by molar-refractivity contribution is 5.14. The van der Waals surface area contributed by atoms with E-state index in [1.54, 1.807) is 0 Å². The molecule has 1 saturated carbocycles. The number of hydrogen-bond donors (Lipinski definition) is 1. The fraction of sp³-hybridized carbons (Fsp3) is 0.500. The van der Waals surface area contributed by atoms with Crippen molar-refractivity contribution in [2.45, 2.75) is 45.3 Å². The molecule has 1 fully saturated rings. The first-order valence-electron chi connectivity index (χ1n) is 6.79. The van der Waals surface area contributed by atoms with E-state index in [-0.39, 0.29) is 6.04 Å². The van der Waals surface area contributed by atoms with Crippen molar-refractivity contribution in [1.82, 2.24) is 25.1 Å². The predicted molar refractivity (Wildman–Crippen MR) is 72.5 cm³/mol. The minimum atomic E-state index is 0.285. The summed E-state index contributed by atoms with van der Waals surface area (Å²) in [6.07, 6.45) is 6.16. The van der Waals surface area contributed by atoms with Crippen molar-refractivity contribution < 1.29 is 0 Å². The molecule has 0 saturated heterocycles. The summed E-state index contributed by atoms with van der Waals surface area (Å²) >= 11 is 0. The quantitative estimate of drug-likeness (QED) is 0.892. The van der Waals surface area contributed by atoms with Crippen LogP contribution in [0.25, 0.3) is 0 Å². The molecule has 1 N–H and O–H groups in total. The highest BCUT2D eigenvalue weighted by Gasteiger charge is 2.27. The average Bonchev–Trinajstić information content (AvgIpc) is 3.21. The molecule has 19 heavy (non-hydrogen) atoms. The van der Waals surface area contributed by atoms with Crippen molar-refractivity contribution in [3.8, 4) is 0 Å². The van der Waals surface area contributed by atoms with Gasteiger partial charge >= 0.3 is 0 Å². The first-order chi connectivity index (χ1) is 9.25. The third-order valence-electron chi connectivity index (χ3n) is 3.62. The van der Waals surface area contributed by atoms with Crippen LogP contribution in [-0.4, -0.2) is 19.7 Å². The van der Waals surface area contributed by atoms with Gasteiger partial charge in [-0.2, -0.15) is 0 Å². The fourth-order valence-electron chi connectivity index (χ4n) is 2.36. The summed E-state index contributed by atoms with van der Waals surface area (Å²) in [5.41, 5.74) is 1.24. The van der Waals surface area contributed by atoms with Gasteiger partial charge < -0.3 is 9.88 Å². The Morgan fingerprint density at radius 1 is 1.32 bits per heavy atom. The minimum Gasteiger partial charge on any atom is -0.311 e. The van der Waals surface area contributed by atoms with Crippen molar-refractivity contribution in [3.63, 3.8) is 0 Å². The lowest BCUT2D eigenvalue weighted by molar-refractivity contribution is 0.534. The summed E-state index contributed by atoms with van der Waals surface area (Å²) in [5, 5.41) is 12.0. The Balaban J connectivity index is 1.66. The van der Waals surface area contributed by atoms with Crippen LogP contribution in [0.2, 0.25) is 0 Å². The summed E-state index contributed by atoms with van der Waals surface area (Å²) in [5.74, 6) is 2.07. The Hall–Kier alpha value is -1.75. The summed E-state index contributed by atoms with van der Waals surface area (Å²) < 4.78 is 2.27. The Bertz CT molecular complexity index is 544. The minimum absolute atomic E-state index is 0.285. The first kappa shape index (κ1) is 12.3. The lowest BCUT2D eigenvalue weighted by Crippen LogP contribution is -2.20. The molecule has 5 nitrogen and oxygen atoms in total. The van der Waals surface area contributed by atoms with Crippen molar-refractivity contribution in [3.05, 3.63) is 41.7 Å². The van der Waals surface area contributed by atoms with Crippen LogP contribution in [0.3, 0.4) is 0 Å². The van der Waals surface area contributed by atoms with Crippen LogP contribution in [0.1, 0.15) is 49.1 Å². The van der Waals surface area contributed by atoms with E-state index in [9.17, 15) is 0 Å². The number of rotatable bonds is 5. The van der Waals surface area contributed by atoms with Gasteiger partial charge in [0, 0.05) is 24.5 Å². The number of nitrogens with zero attached hydrogens (tertiary/aromatic N) is 4. The van der Waals surface area contributed by atoms with E-state index >= 15 is 0 Å². The van der Waals surface area contributed by atoms with Crippen molar-refractivity contribution in [2.75, 3.05) is 0 Å². The van der Waals surface area contributed by atoms with E-state index in [1.807, 2.05) is 31.5 Å². The normalized spacial score (nSPS) is 16.5. The molecule has 0 aliphatic heterocycles. The summed E-state index contributed by atoms with van der Waals surface area (Å²) in [4.78, 5) is 4.04. The van der Waals surface area contributed by atoms with Gasteiger partial charge in [-0.3, -0.25) is 4.98 Å². The lowest BCUT2D eigenvalue weighted by Gasteiger charge is -2.14. The van der Waals surface area contributed by atoms with E-state index < -0.39 is 0 Å². The number of pyridine rings is 1. The molecule has 2 heterocycles. The molecule has 0 unspecified atom stereocenters. The van der Waals surface area contributed by atoms with Crippen LogP contribution in [0.15, 0.2) is 24.5 Å². The maximum atomic E-state index is 4.28. The van der Waals surface area contributed by atoms with Gasteiger partial charge in [-0.1, -0.05) is 0 Å². The number of aromatic nitrogens is 4. The Morgan fingerprint density at radius 3 is 2.74 bits per heavy atom. The topological polar surface area (TPSA) is 55.6 Å². The Kier molecular flexibility index (Phi) is 3.29. The van der Waals surface area contributed by atoms with E-state index in [0.29, 0.717) is 6.04 Å². The van der Waals surface area contributed by atoms with Crippen molar-refractivity contribution >= 4 is 0 Å². The second-order valence-electron chi connectivity index (χ2n) is 5.15. The molecule has 0 spiro atoms. The van der Waals surface area contributed by atoms with E-state index in [4.69, 9.17) is 0 Å². The van der Waals surface area contributed by atoms with Gasteiger partial charge in [-0.15, -0.1) is 10.2 Å². The third kappa shape index (κ3) is 2.66. The van der Waals surface area contributed by atoms with Crippen LogP contribution in [0.4, 0.5) is 0 Å². The average molecular weight is 257 g/mol. The maximum absolute atomic E-state index is 4.28. The molecule has 1 aliphatic carbocycles. The van der Waals surface area contributed by atoms with Crippen LogP contribution in [0, 0.1) is 6.92 Å². The molecule has 5 heteroatoms. The Morgan fingerprint density at radius 2 is 2.05 bits per heavy atom. The number of aryl methyl sites for hydroxylation is 1. The van der Waals surface area contributed by atoms with E-state index in [2.05, 4.69) is 32.0 Å². The van der Waals surface area contributed by atoms with Gasteiger partial charge in [0.25, 0.3) is 0 Å². The van der Waals surface area contributed by atoms with Crippen molar-refractivity contribution in [1.29, 1.82) is 0 Å². The molecular weight excluding hydrogens is 238 g/mol. The number of hydrogen-bond acceptors (Lipinski definition) is 4. The first-order valence-corrected chi connectivity index (χ1v) is 6.79.